The minimum Gasteiger partial charge on any atom is -0.348 e. The van der Waals surface area contributed by atoms with Crippen LogP contribution in [-0.2, 0) is 4.79 Å². The van der Waals surface area contributed by atoms with Gasteiger partial charge in [-0.15, -0.1) is 6.58 Å². The largest absolute Gasteiger partial charge is 0.348 e. The Morgan fingerprint density at radius 2 is 1.91 bits per heavy atom. The van der Waals surface area contributed by atoms with Crippen LogP contribution >= 0.6 is 0 Å². The Balaban J connectivity index is 2.36. The summed E-state index contributed by atoms with van der Waals surface area (Å²) in [7, 11) is 0. The molecule has 2 atom stereocenters. The zero-order chi connectivity index (χ0) is 24.6. The lowest BCUT2D eigenvalue weighted by molar-refractivity contribution is -0.130. The molecule has 0 saturated heterocycles. The predicted octanol–water partition coefficient (Wildman–Crippen LogP) is 7.22. The van der Waals surface area contributed by atoms with Crippen LogP contribution in [0.25, 0.3) is 16.3 Å². The fourth-order valence-electron chi connectivity index (χ4n) is 4.21. The molecule has 1 heterocycles. The minimum absolute atomic E-state index is 0.0696. The van der Waals surface area contributed by atoms with Gasteiger partial charge >= 0.3 is 0 Å². The van der Waals surface area contributed by atoms with Gasteiger partial charge in [0.2, 0.25) is 5.91 Å². The van der Waals surface area contributed by atoms with E-state index >= 15 is 0 Å². The van der Waals surface area contributed by atoms with E-state index in [2.05, 4.69) is 43.5 Å². The Morgan fingerprint density at radius 3 is 2.52 bits per heavy atom. The fraction of sp³-hybridized carbons (Fsp3) is 0.379. The van der Waals surface area contributed by atoms with Gasteiger partial charge in [0.25, 0.3) is 0 Å². The zero-order valence-corrected chi connectivity index (χ0v) is 20.3. The highest BCUT2D eigenvalue weighted by atomic mass is 19.1. The quantitative estimate of drug-likeness (QED) is 0.329. The Kier molecular flexibility index (Phi) is 9.33. The van der Waals surface area contributed by atoms with E-state index in [4.69, 9.17) is 0 Å². The molecule has 0 aliphatic heterocycles. The van der Waals surface area contributed by atoms with Crippen molar-refractivity contribution in [3.63, 3.8) is 0 Å². The van der Waals surface area contributed by atoms with E-state index in [-0.39, 0.29) is 11.8 Å². The molecule has 0 fully saturated rings. The van der Waals surface area contributed by atoms with Gasteiger partial charge in [-0.3, -0.25) is 9.78 Å². The van der Waals surface area contributed by atoms with Gasteiger partial charge in [-0.25, -0.2) is 4.39 Å². The van der Waals surface area contributed by atoms with E-state index in [0.717, 1.165) is 40.5 Å². The molecule has 2 rings (SSSR count). The number of fused-ring (bicyclic) bond motifs is 1. The summed E-state index contributed by atoms with van der Waals surface area (Å²) in [5.74, 6) is -0.280. The van der Waals surface area contributed by atoms with E-state index in [1.165, 1.54) is 0 Å². The maximum Gasteiger partial charge on any atom is 0.231 e. The highest BCUT2D eigenvalue weighted by molar-refractivity contribution is 5.93. The highest BCUT2D eigenvalue weighted by Gasteiger charge is 2.40. The topological polar surface area (TPSA) is 42.0 Å². The first-order chi connectivity index (χ1) is 15.7. The summed E-state index contributed by atoms with van der Waals surface area (Å²) in [5, 5.41) is 5.11. The summed E-state index contributed by atoms with van der Waals surface area (Å²) in [6.45, 7) is 21.6. The van der Waals surface area contributed by atoms with Gasteiger partial charge in [0.1, 0.15) is 6.67 Å². The molecule has 0 saturated carbocycles. The van der Waals surface area contributed by atoms with Crippen molar-refractivity contribution in [1.29, 1.82) is 0 Å². The summed E-state index contributed by atoms with van der Waals surface area (Å²) in [6.07, 6.45) is 6.05. The molecule has 0 bridgehead atoms. The van der Waals surface area contributed by atoms with Crippen molar-refractivity contribution in [2.24, 2.45) is 11.3 Å². The second kappa shape index (κ2) is 11.7. The Bertz CT molecular complexity index is 1030. The van der Waals surface area contributed by atoms with Gasteiger partial charge in [0.15, 0.2) is 0 Å². The van der Waals surface area contributed by atoms with E-state index in [1.807, 2.05) is 44.2 Å². The molecule has 0 radical (unpaired) electrons. The van der Waals surface area contributed by atoms with Gasteiger partial charge < -0.3 is 5.32 Å². The summed E-state index contributed by atoms with van der Waals surface area (Å²) < 4.78 is 13.5. The van der Waals surface area contributed by atoms with Gasteiger partial charge in [-0.1, -0.05) is 82.8 Å². The number of aromatic nitrogens is 1. The van der Waals surface area contributed by atoms with E-state index in [0.29, 0.717) is 18.4 Å². The number of carbonyl (C=O) groups excluding carboxylic acids is 1. The van der Waals surface area contributed by atoms with Crippen molar-refractivity contribution < 1.29 is 9.18 Å². The number of pyridine rings is 1. The van der Waals surface area contributed by atoms with Crippen LogP contribution in [0, 0.1) is 11.3 Å². The van der Waals surface area contributed by atoms with Crippen LogP contribution < -0.4 is 5.32 Å². The first-order valence-corrected chi connectivity index (χ1v) is 11.6. The summed E-state index contributed by atoms with van der Waals surface area (Å²) >= 11 is 0. The van der Waals surface area contributed by atoms with Crippen LogP contribution in [0.5, 0.6) is 0 Å². The number of allylic oxidation sites excluding steroid dienone is 1. The molecular weight excluding hydrogens is 411 g/mol. The smallest absolute Gasteiger partial charge is 0.231 e. The van der Waals surface area contributed by atoms with E-state index < -0.39 is 18.1 Å². The van der Waals surface area contributed by atoms with Crippen molar-refractivity contribution in [3.8, 4) is 0 Å². The van der Waals surface area contributed by atoms with Crippen LogP contribution in [-0.4, -0.2) is 23.6 Å². The standard InChI is InChI=1S/C29H37FN2O/c1-8-12-21(5)17-26(23(7)19-30)32-28(33)29(9-2,20(3)4)18-22(6)27-25-14-11-10-13-24(25)15-16-31-27/h9-11,13-16,20,26H,2,5-8,12,17-19H2,1,3-4H3,(H,32,33). The van der Waals surface area contributed by atoms with Crippen molar-refractivity contribution in [2.75, 3.05) is 6.67 Å². The molecule has 176 valence electrons. The number of alkyl halides is 1. The highest BCUT2D eigenvalue weighted by Crippen LogP contribution is 2.40. The average molecular weight is 449 g/mol. The Hall–Kier alpha value is -3.01. The average Bonchev–Trinajstić information content (AvgIpc) is 2.80. The molecule has 2 unspecified atom stereocenters. The Labute approximate surface area is 198 Å². The monoisotopic (exact) mass is 448 g/mol. The van der Waals surface area contributed by atoms with Gasteiger partial charge in [-0.2, -0.15) is 0 Å². The minimum atomic E-state index is -0.934. The summed E-state index contributed by atoms with van der Waals surface area (Å²) in [4.78, 5) is 18.3. The molecule has 0 aliphatic carbocycles. The molecule has 1 aromatic heterocycles. The number of amides is 1. The van der Waals surface area contributed by atoms with Gasteiger partial charge in [0, 0.05) is 11.6 Å². The number of halogens is 1. The molecular formula is C29H37FN2O. The van der Waals surface area contributed by atoms with Crippen LogP contribution in [0.2, 0.25) is 0 Å². The molecule has 33 heavy (non-hydrogen) atoms. The second-order valence-electron chi connectivity index (χ2n) is 9.08. The van der Waals surface area contributed by atoms with Gasteiger partial charge in [-0.05, 0) is 47.8 Å². The zero-order valence-electron chi connectivity index (χ0n) is 20.3. The van der Waals surface area contributed by atoms with Crippen LogP contribution in [0.1, 0.15) is 52.1 Å². The van der Waals surface area contributed by atoms with E-state index in [1.54, 1.807) is 12.3 Å². The lowest BCUT2D eigenvalue weighted by Gasteiger charge is -2.36. The third-order valence-corrected chi connectivity index (χ3v) is 6.40. The lowest BCUT2D eigenvalue weighted by atomic mass is 9.71. The number of carbonyl (C=O) groups is 1. The maximum absolute atomic E-state index is 13.7. The molecule has 2 aromatic rings. The number of hydrogen-bond acceptors (Lipinski definition) is 2. The fourth-order valence-corrected chi connectivity index (χ4v) is 4.21. The molecule has 1 N–H and O–H groups in total. The van der Waals surface area contributed by atoms with Crippen LogP contribution in [0.4, 0.5) is 4.39 Å². The first kappa shape index (κ1) is 26.2. The van der Waals surface area contributed by atoms with Crippen LogP contribution in [0.3, 0.4) is 0 Å². The number of hydrogen-bond donors (Lipinski definition) is 1. The molecule has 1 amide bonds. The molecule has 0 aliphatic rings. The first-order valence-electron chi connectivity index (χ1n) is 11.6. The molecule has 1 aromatic carbocycles. The van der Waals surface area contributed by atoms with Crippen molar-refractivity contribution in [3.05, 3.63) is 85.8 Å². The van der Waals surface area contributed by atoms with Gasteiger partial charge in [0.05, 0.1) is 17.2 Å². The van der Waals surface area contributed by atoms with Crippen molar-refractivity contribution in [1.82, 2.24) is 10.3 Å². The van der Waals surface area contributed by atoms with E-state index in [9.17, 15) is 9.18 Å². The van der Waals surface area contributed by atoms with Crippen LogP contribution in [0.15, 0.2) is 80.1 Å². The third-order valence-electron chi connectivity index (χ3n) is 6.40. The number of benzene rings is 1. The third kappa shape index (κ3) is 6.07. The summed E-state index contributed by atoms with van der Waals surface area (Å²) in [5.41, 5.74) is 1.91. The van der Waals surface area contributed by atoms with Crippen molar-refractivity contribution >= 4 is 22.3 Å². The lowest BCUT2D eigenvalue weighted by Crippen LogP contribution is -2.48. The molecule has 3 nitrogen and oxygen atoms in total. The van der Waals surface area contributed by atoms with Crippen molar-refractivity contribution in [2.45, 2.75) is 52.5 Å². The number of nitrogens with zero attached hydrogens (tertiary/aromatic N) is 1. The predicted molar refractivity (Wildman–Crippen MR) is 139 cm³/mol. The molecule has 4 heteroatoms. The normalized spacial score (nSPS) is 13.8. The summed E-state index contributed by atoms with van der Waals surface area (Å²) in [6, 6.07) is 9.43. The number of nitrogens with one attached hydrogen (secondary N) is 1. The Morgan fingerprint density at radius 1 is 1.21 bits per heavy atom. The number of rotatable bonds is 13. The molecule has 0 spiro atoms. The second-order valence-corrected chi connectivity index (χ2v) is 9.08. The maximum atomic E-state index is 13.7. The SMILES string of the molecule is C=CC(CC(=C)c1nccc2ccccc12)(C(=O)NC(CC(=C)CCC)C(=C)CF)C(C)C.